The van der Waals surface area contributed by atoms with Crippen molar-refractivity contribution < 1.29 is 14.3 Å². The van der Waals surface area contributed by atoms with E-state index in [1.54, 1.807) is 11.8 Å². The fourth-order valence-electron chi connectivity index (χ4n) is 1.99. The summed E-state index contributed by atoms with van der Waals surface area (Å²) >= 11 is 1.75. The molecule has 3 nitrogen and oxygen atoms in total. The summed E-state index contributed by atoms with van der Waals surface area (Å²) in [4.78, 5) is 11.3. The molecular formula is C14H18O3S. The Morgan fingerprint density at radius 3 is 3.06 bits per heavy atom. The van der Waals surface area contributed by atoms with Crippen LogP contribution in [0, 0.1) is 5.92 Å². The van der Waals surface area contributed by atoms with Gasteiger partial charge in [0.2, 0.25) is 0 Å². The first-order valence-corrected chi connectivity index (χ1v) is 7.26. The summed E-state index contributed by atoms with van der Waals surface area (Å²) in [5.74, 6) is 2.50. The van der Waals surface area contributed by atoms with Crippen molar-refractivity contribution in [1.82, 2.24) is 0 Å². The number of hydrogen-bond acceptors (Lipinski definition) is 4. The number of fused-ring (bicyclic) bond motifs is 1. The van der Waals surface area contributed by atoms with Crippen molar-refractivity contribution in [2.24, 2.45) is 5.92 Å². The molecule has 98 valence electrons. The van der Waals surface area contributed by atoms with Crippen LogP contribution < -0.4 is 4.74 Å². The van der Waals surface area contributed by atoms with Crippen LogP contribution in [0.15, 0.2) is 24.3 Å². The molecule has 2 unspecified atom stereocenters. The average molecular weight is 266 g/mol. The molecule has 0 aliphatic carbocycles. The Hall–Kier alpha value is -1.16. The molecule has 1 aliphatic heterocycles. The van der Waals surface area contributed by atoms with Gasteiger partial charge in [0.25, 0.3) is 0 Å². The minimum atomic E-state index is -0.141. The second-order valence-electron chi connectivity index (χ2n) is 4.51. The monoisotopic (exact) mass is 266 g/mol. The van der Waals surface area contributed by atoms with Crippen LogP contribution in [0.4, 0.5) is 0 Å². The molecule has 1 aromatic carbocycles. The molecule has 1 aromatic rings. The van der Waals surface area contributed by atoms with E-state index in [1.807, 2.05) is 25.1 Å². The maximum atomic E-state index is 11.3. The van der Waals surface area contributed by atoms with Crippen molar-refractivity contribution >= 4 is 17.7 Å². The summed E-state index contributed by atoms with van der Waals surface area (Å²) in [5.41, 5.74) is 1.28. The second kappa shape index (κ2) is 6.14. The first-order chi connectivity index (χ1) is 8.70. The van der Waals surface area contributed by atoms with Gasteiger partial charge in [0.15, 0.2) is 0 Å². The molecule has 0 fully saturated rings. The van der Waals surface area contributed by atoms with E-state index in [4.69, 9.17) is 9.47 Å². The third kappa shape index (κ3) is 3.19. The Kier molecular flexibility index (Phi) is 4.53. The molecule has 18 heavy (non-hydrogen) atoms. The van der Waals surface area contributed by atoms with Crippen LogP contribution in [0.25, 0.3) is 0 Å². The van der Waals surface area contributed by atoms with Gasteiger partial charge in [-0.1, -0.05) is 25.1 Å². The predicted molar refractivity (Wildman–Crippen MR) is 73.1 cm³/mol. The van der Waals surface area contributed by atoms with E-state index >= 15 is 0 Å². The van der Waals surface area contributed by atoms with Gasteiger partial charge in [-0.25, -0.2) is 0 Å². The maximum Gasteiger partial charge on any atom is 0.309 e. The average Bonchev–Trinajstić information content (AvgIpc) is 2.80. The van der Waals surface area contributed by atoms with E-state index in [1.165, 1.54) is 12.7 Å². The fourth-order valence-corrected chi connectivity index (χ4v) is 3.07. The van der Waals surface area contributed by atoms with Gasteiger partial charge in [0.1, 0.15) is 11.9 Å². The second-order valence-corrected chi connectivity index (χ2v) is 5.59. The van der Waals surface area contributed by atoms with Crippen LogP contribution in [0.2, 0.25) is 0 Å². The smallest absolute Gasteiger partial charge is 0.309 e. The number of thioether (sulfide) groups is 1. The van der Waals surface area contributed by atoms with Gasteiger partial charge in [-0.3, -0.25) is 4.79 Å². The number of para-hydroxylation sites is 1. The molecular weight excluding hydrogens is 248 g/mol. The summed E-state index contributed by atoms with van der Waals surface area (Å²) in [6.07, 6.45) is 1.20. The lowest BCUT2D eigenvalue weighted by Crippen LogP contribution is -2.19. The highest BCUT2D eigenvalue weighted by Crippen LogP contribution is 2.29. The third-order valence-corrected chi connectivity index (χ3v) is 4.33. The highest BCUT2D eigenvalue weighted by Gasteiger charge is 2.22. The minimum Gasteiger partial charge on any atom is -0.489 e. The summed E-state index contributed by atoms with van der Waals surface area (Å²) < 4.78 is 10.5. The van der Waals surface area contributed by atoms with Gasteiger partial charge in [-0.15, -0.1) is 0 Å². The van der Waals surface area contributed by atoms with E-state index in [2.05, 4.69) is 6.07 Å². The summed E-state index contributed by atoms with van der Waals surface area (Å²) in [5, 5.41) is 0. The molecule has 0 saturated carbocycles. The lowest BCUT2D eigenvalue weighted by molar-refractivity contribution is -0.143. The van der Waals surface area contributed by atoms with Crippen LogP contribution in [0.5, 0.6) is 5.75 Å². The summed E-state index contributed by atoms with van der Waals surface area (Å²) in [7, 11) is 1.43. The molecule has 0 N–H and O–H groups in total. The van der Waals surface area contributed by atoms with Crippen molar-refractivity contribution in [3.63, 3.8) is 0 Å². The fraction of sp³-hybridized carbons (Fsp3) is 0.500. The highest BCUT2D eigenvalue weighted by molar-refractivity contribution is 7.99. The number of methoxy groups -OCH3 is 1. The van der Waals surface area contributed by atoms with Crippen molar-refractivity contribution in [3.05, 3.63) is 29.8 Å². The number of carbonyl (C=O) groups excluding carboxylic acids is 1. The van der Waals surface area contributed by atoms with Crippen LogP contribution >= 0.6 is 11.8 Å². The molecule has 0 spiro atoms. The highest BCUT2D eigenvalue weighted by atomic mass is 32.2. The quantitative estimate of drug-likeness (QED) is 0.767. The first kappa shape index (κ1) is 13.3. The minimum absolute atomic E-state index is 0.0521. The van der Waals surface area contributed by atoms with E-state index < -0.39 is 0 Å². The normalized spacial score (nSPS) is 18.9. The largest absolute Gasteiger partial charge is 0.489 e. The van der Waals surface area contributed by atoms with Crippen LogP contribution in [0.3, 0.4) is 0 Å². The molecule has 2 rings (SSSR count). The Bertz CT molecular complexity index is 394. The molecule has 0 saturated heterocycles. The topological polar surface area (TPSA) is 35.5 Å². The predicted octanol–water partition coefficient (Wildman–Crippen LogP) is 2.53. The Balaban J connectivity index is 1.73. The number of rotatable bonds is 5. The van der Waals surface area contributed by atoms with E-state index in [0.717, 1.165) is 23.7 Å². The lowest BCUT2D eigenvalue weighted by Gasteiger charge is -2.12. The number of ether oxygens (including phenoxy) is 2. The number of hydrogen-bond donors (Lipinski definition) is 0. The van der Waals surface area contributed by atoms with Crippen LogP contribution in [-0.4, -0.2) is 30.7 Å². The molecule has 0 aromatic heterocycles. The van der Waals surface area contributed by atoms with Gasteiger partial charge in [-0.2, -0.15) is 11.8 Å². The number of carbonyl (C=O) groups is 1. The maximum absolute atomic E-state index is 11.3. The van der Waals surface area contributed by atoms with Crippen molar-refractivity contribution in [2.45, 2.75) is 19.4 Å². The van der Waals surface area contributed by atoms with Gasteiger partial charge >= 0.3 is 5.97 Å². The standard InChI is InChI=1S/C14H18O3S/c1-10(14(15)16-2)8-18-9-12-7-11-5-3-4-6-13(11)17-12/h3-6,10,12H,7-9H2,1-2H3. The zero-order chi connectivity index (χ0) is 13.0. The Morgan fingerprint density at radius 2 is 2.33 bits per heavy atom. The van der Waals surface area contributed by atoms with E-state index in [9.17, 15) is 4.79 Å². The third-order valence-electron chi connectivity index (χ3n) is 2.99. The van der Waals surface area contributed by atoms with E-state index in [-0.39, 0.29) is 18.0 Å². The summed E-state index contributed by atoms with van der Waals surface area (Å²) in [6, 6.07) is 8.15. The number of benzene rings is 1. The Morgan fingerprint density at radius 1 is 1.56 bits per heavy atom. The zero-order valence-corrected chi connectivity index (χ0v) is 11.5. The molecule has 1 aliphatic rings. The van der Waals surface area contributed by atoms with Gasteiger partial charge in [0.05, 0.1) is 13.0 Å². The SMILES string of the molecule is COC(=O)C(C)CSCC1Cc2ccccc2O1. The zero-order valence-electron chi connectivity index (χ0n) is 10.7. The van der Waals surface area contributed by atoms with E-state index in [0.29, 0.717) is 0 Å². The van der Waals surface area contributed by atoms with Crippen molar-refractivity contribution in [3.8, 4) is 5.75 Å². The molecule has 0 bridgehead atoms. The summed E-state index contributed by atoms with van der Waals surface area (Å²) in [6.45, 7) is 1.89. The van der Waals surface area contributed by atoms with Crippen LogP contribution in [0.1, 0.15) is 12.5 Å². The number of esters is 1. The molecule has 1 heterocycles. The molecule has 0 radical (unpaired) electrons. The first-order valence-electron chi connectivity index (χ1n) is 6.11. The van der Waals surface area contributed by atoms with Crippen molar-refractivity contribution in [2.75, 3.05) is 18.6 Å². The van der Waals surface area contributed by atoms with Crippen molar-refractivity contribution in [1.29, 1.82) is 0 Å². The molecule has 0 amide bonds. The molecule has 2 atom stereocenters. The van der Waals surface area contributed by atoms with Crippen LogP contribution in [-0.2, 0) is 16.0 Å². The van der Waals surface area contributed by atoms with Gasteiger partial charge < -0.3 is 9.47 Å². The van der Waals surface area contributed by atoms with Gasteiger partial charge in [-0.05, 0) is 11.6 Å². The molecule has 4 heteroatoms. The lowest BCUT2D eigenvalue weighted by atomic mass is 10.1. The Labute approximate surface area is 112 Å². The van der Waals surface area contributed by atoms with Gasteiger partial charge in [0, 0.05) is 17.9 Å².